The smallest absolute Gasteiger partial charge is 0.133 e. The van der Waals surface area contributed by atoms with E-state index in [0.29, 0.717) is 17.9 Å². The minimum atomic E-state index is -0.240. The summed E-state index contributed by atoms with van der Waals surface area (Å²) in [6, 6.07) is 11.9. The van der Waals surface area contributed by atoms with E-state index in [1.807, 2.05) is 18.2 Å². The Morgan fingerprint density at radius 2 is 1.84 bits per heavy atom. The number of nitrogens with two attached hydrogens (primary N) is 1. The van der Waals surface area contributed by atoms with Gasteiger partial charge < -0.3 is 5.73 Å². The molecule has 19 heavy (non-hydrogen) atoms. The Morgan fingerprint density at radius 1 is 1.05 bits per heavy atom. The minimum absolute atomic E-state index is 0.240. The van der Waals surface area contributed by atoms with Crippen molar-refractivity contribution in [3.05, 3.63) is 65.9 Å². The number of rotatable bonds is 2. The summed E-state index contributed by atoms with van der Waals surface area (Å²) in [5, 5.41) is 0.956. The van der Waals surface area contributed by atoms with Crippen LogP contribution in [0.4, 0.5) is 10.1 Å². The predicted molar refractivity (Wildman–Crippen MR) is 73.2 cm³/mol. The van der Waals surface area contributed by atoms with Gasteiger partial charge in [-0.15, -0.1) is 0 Å². The van der Waals surface area contributed by atoms with Gasteiger partial charge >= 0.3 is 0 Å². The first kappa shape index (κ1) is 11.6. The lowest BCUT2D eigenvalue weighted by molar-refractivity contribution is 0.627. The van der Waals surface area contributed by atoms with E-state index >= 15 is 0 Å². The zero-order chi connectivity index (χ0) is 13.2. The molecule has 0 atom stereocenters. The topological polar surface area (TPSA) is 51.8 Å². The fourth-order valence-corrected chi connectivity index (χ4v) is 1.95. The molecule has 94 valence electrons. The third-order valence-electron chi connectivity index (χ3n) is 2.93. The molecule has 0 aliphatic heterocycles. The molecule has 3 nitrogen and oxygen atoms in total. The summed E-state index contributed by atoms with van der Waals surface area (Å²) in [7, 11) is 0. The summed E-state index contributed by atoms with van der Waals surface area (Å²) in [6.45, 7) is 0. The molecule has 1 aromatic heterocycles. The average Bonchev–Trinajstić information content (AvgIpc) is 2.41. The predicted octanol–water partition coefficient (Wildman–Crippen LogP) is 2.94. The van der Waals surface area contributed by atoms with Crippen LogP contribution in [0.5, 0.6) is 0 Å². The molecule has 0 radical (unpaired) electrons. The number of hydrogen-bond acceptors (Lipinski definition) is 3. The van der Waals surface area contributed by atoms with Crippen LogP contribution in [0.25, 0.3) is 10.9 Å². The van der Waals surface area contributed by atoms with Crippen LogP contribution in [0.15, 0.2) is 48.7 Å². The lowest BCUT2D eigenvalue weighted by Crippen LogP contribution is -1.97. The van der Waals surface area contributed by atoms with Crippen molar-refractivity contribution in [2.45, 2.75) is 6.42 Å². The summed E-state index contributed by atoms with van der Waals surface area (Å²) in [5.41, 5.74) is 8.22. The molecule has 0 unspecified atom stereocenters. The first-order chi connectivity index (χ1) is 9.20. The molecule has 3 rings (SSSR count). The van der Waals surface area contributed by atoms with Crippen molar-refractivity contribution >= 4 is 16.6 Å². The van der Waals surface area contributed by atoms with E-state index in [1.54, 1.807) is 18.3 Å². The van der Waals surface area contributed by atoms with Gasteiger partial charge in [0.1, 0.15) is 11.6 Å². The largest absolute Gasteiger partial charge is 0.399 e. The van der Waals surface area contributed by atoms with Gasteiger partial charge in [-0.2, -0.15) is 0 Å². The highest BCUT2D eigenvalue weighted by Crippen LogP contribution is 2.15. The average molecular weight is 253 g/mol. The highest BCUT2D eigenvalue weighted by molar-refractivity contribution is 5.80. The number of nitrogens with zero attached hydrogens (tertiary/aromatic N) is 2. The molecule has 0 bridgehead atoms. The maximum absolute atomic E-state index is 12.8. The van der Waals surface area contributed by atoms with Crippen molar-refractivity contribution in [3.8, 4) is 0 Å². The second kappa shape index (κ2) is 4.65. The van der Waals surface area contributed by atoms with Gasteiger partial charge in [-0.05, 0) is 35.9 Å². The maximum Gasteiger partial charge on any atom is 0.133 e. The highest BCUT2D eigenvalue weighted by Gasteiger charge is 2.02. The molecule has 0 aliphatic carbocycles. The van der Waals surface area contributed by atoms with Crippen LogP contribution in [0.3, 0.4) is 0 Å². The van der Waals surface area contributed by atoms with Crippen molar-refractivity contribution < 1.29 is 4.39 Å². The van der Waals surface area contributed by atoms with Crippen LogP contribution < -0.4 is 5.73 Å². The molecule has 2 aromatic carbocycles. The highest BCUT2D eigenvalue weighted by atomic mass is 19.1. The van der Waals surface area contributed by atoms with Crippen LogP contribution in [-0.4, -0.2) is 9.97 Å². The van der Waals surface area contributed by atoms with Crippen molar-refractivity contribution in [1.82, 2.24) is 9.97 Å². The Labute approximate surface area is 109 Å². The SMILES string of the molecule is Nc1ccc2cnc(Cc3ccc(F)cc3)nc2c1. The summed E-state index contributed by atoms with van der Waals surface area (Å²) >= 11 is 0. The zero-order valence-electron chi connectivity index (χ0n) is 10.2. The number of aromatic nitrogens is 2. The number of nitrogen functional groups attached to an aromatic ring is 1. The van der Waals surface area contributed by atoms with E-state index in [2.05, 4.69) is 9.97 Å². The van der Waals surface area contributed by atoms with E-state index in [1.165, 1.54) is 12.1 Å². The van der Waals surface area contributed by atoms with E-state index in [0.717, 1.165) is 16.5 Å². The molecule has 3 aromatic rings. The number of anilines is 1. The standard InChI is InChI=1S/C15H12FN3/c16-12-4-1-10(2-5-12)7-15-18-9-11-3-6-13(17)8-14(11)19-15/h1-6,8-9H,7,17H2. The lowest BCUT2D eigenvalue weighted by atomic mass is 10.1. The van der Waals surface area contributed by atoms with E-state index < -0.39 is 0 Å². The molecule has 0 saturated carbocycles. The molecule has 1 heterocycles. The van der Waals surface area contributed by atoms with Gasteiger partial charge in [0.25, 0.3) is 0 Å². The van der Waals surface area contributed by atoms with Crippen LogP contribution in [0.1, 0.15) is 11.4 Å². The third-order valence-corrected chi connectivity index (χ3v) is 2.93. The molecule has 0 spiro atoms. The van der Waals surface area contributed by atoms with Crippen molar-refractivity contribution in [2.24, 2.45) is 0 Å². The summed E-state index contributed by atoms with van der Waals surface area (Å²) in [6.07, 6.45) is 2.35. The number of halogens is 1. The van der Waals surface area contributed by atoms with Gasteiger partial charge in [0.05, 0.1) is 5.52 Å². The zero-order valence-corrected chi connectivity index (χ0v) is 10.2. The summed E-state index contributed by atoms with van der Waals surface area (Å²) in [4.78, 5) is 8.78. The van der Waals surface area contributed by atoms with Crippen molar-refractivity contribution in [3.63, 3.8) is 0 Å². The normalized spacial score (nSPS) is 10.8. The first-order valence-corrected chi connectivity index (χ1v) is 5.96. The molecule has 0 saturated heterocycles. The Balaban J connectivity index is 1.94. The Hall–Kier alpha value is -2.49. The van der Waals surface area contributed by atoms with Gasteiger partial charge in [0, 0.05) is 23.7 Å². The molecule has 0 fully saturated rings. The van der Waals surface area contributed by atoms with Gasteiger partial charge in [0.2, 0.25) is 0 Å². The van der Waals surface area contributed by atoms with Crippen molar-refractivity contribution in [2.75, 3.05) is 5.73 Å². The molecule has 0 amide bonds. The third kappa shape index (κ3) is 2.52. The van der Waals surface area contributed by atoms with Crippen LogP contribution >= 0.6 is 0 Å². The fraction of sp³-hybridized carbons (Fsp3) is 0.0667. The van der Waals surface area contributed by atoms with Gasteiger partial charge in [-0.3, -0.25) is 0 Å². The van der Waals surface area contributed by atoms with E-state index in [9.17, 15) is 4.39 Å². The maximum atomic E-state index is 12.8. The van der Waals surface area contributed by atoms with Crippen molar-refractivity contribution in [1.29, 1.82) is 0 Å². The Bertz CT molecular complexity index is 723. The molecular formula is C15H12FN3. The van der Waals surface area contributed by atoms with E-state index in [4.69, 9.17) is 5.73 Å². The molecule has 0 aliphatic rings. The van der Waals surface area contributed by atoms with E-state index in [-0.39, 0.29) is 5.82 Å². The van der Waals surface area contributed by atoms with Gasteiger partial charge in [-0.1, -0.05) is 12.1 Å². The monoisotopic (exact) mass is 253 g/mol. The summed E-state index contributed by atoms with van der Waals surface area (Å²) in [5.74, 6) is 0.459. The molecular weight excluding hydrogens is 241 g/mol. The number of fused-ring (bicyclic) bond motifs is 1. The minimum Gasteiger partial charge on any atom is -0.399 e. The molecule has 2 N–H and O–H groups in total. The Morgan fingerprint density at radius 3 is 2.63 bits per heavy atom. The lowest BCUT2D eigenvalue weighted by Gasteiger charge is -2.03. The van der Waals surface area contributed by atoms with Gasteiger partial charge in [0.15, 0.2) is 0 Å². The Kier molecular flexibility index (Phi) is 2.83. The van der Waals surface area contributed by atoms with Crippen LogP contribution in [0, 0.1) is 5.82 Å². The second-order valence-electron chi connectivity index (χ2n) is 4.41. The summed E-state index contributed by atoms with van der Waals surface area (Å²) < 4.78 is 12.8. The fourth-order valence-electron chi connectivity index (χ4n) is 1.95. The van der Waals surface area contributed by atoms with Gasteiger partial charge in [-0.25, -0.2) is 14.4 Å². The quantitative estimate of drug-likeness (QED) is 0.714. The molecule has 4 heteroatoms. The van der Waals surface area contributed by atoms with Crippen LogP contribution in [0.2, 0.25) is 0 Å². The van der Waals surface area contributed by atoms with Crippen LogP contribution in [-0.2, 0) is 6.42 Å². The number of hydrogen-bond donors (Lipinski definition) is 1. The number of benzene rings is 2. The first-order valence-electron chi connectivity index (χ1n) is 5.96. The second-order valence-corrected chi connectivity index (χ2v) is 4.41.